The summed E-state index contributed by atoms with van der Waals surface area (Å²) < 4.78 is 42.7. The molecule has 3 nitrogen and oxygen atoms in total. The molecule has 0 saturated heterocycles. The van der Waals surface area contributed by atoms with Crippen molar-refractivity contribution < 1.29 is 17.9 Å². The number of pyridine rings is 2. The molecule has 0 aliphatic heterocycles. The van der Waals surface area contributed by atoms with Crippen molar-refractivity contribution >= 4 is 11.6 Å². The third kappa shape index (κ3) is 4.07. The Hall–Kier alpha value is -1.82. The van der Waals surface area contributed by atoms with Crippen molar-refractivity contribution in [3.63, 3.8) is 0 Å². The van der Waals surface area contributed by atoms with Crippen LogP contribution in [0.1, 0.15) is 16.8 Å². The molecule has 0 aromatic carbocycles. The highest BCUT2D eigenvalue weighted by Gasteiger charge is 2.31. The molecule has 0 unspecified atom stereocenters. The van der Waals surface area contributed by atoms with Gasteiger partial charge in [-0.15, -0.1) is 0 Å². The lowest BCUT2D eigenvalue weighted by Gasteiger charge is -2.10. The van der Waals surface area contributed by atoms with E-state index >= 15 is 0 Å². The second-order valence-electron chi connectivity index (χ2n) is 4.37. The Morgan fingerprint density at radius 1 is 1.19 bits per heavy atom. The van der Waals surface area contributed by atoms with Crippen molar-refractivity contribution in [3.8, 4) is 5.75 Å². The Morgan fingerprint density at radius 2 is 1.95 bits per heavy atom. The van der Waals surface area contributed by atoms with E-state index in [-0.39, 0.29) is 0 Å². The minimum Gasteiger partial charge on any atom is -0.493 e. The van der Waals surface area contributed by atoms with Gasteiger partial charge in [-0.2, -0.15) is 13.2 Å². The van der Waals surface area contributed by atoms with Crippen LogP contribution in [-0.4, -0.2) is 16.6 Å². The summed E-state index contributed by atoms with van der Waals surface area (Å²) in [5.41, 5.74) is 0.495. The maximum atomic E-state index is 12.4. The Bertz CT molecular complexity index is 615. The smallest absolute Gasteiger partial charge is 0.433 e. The number of hydrogen-bond donors (Lipinski definition) is 0. The van der Waals surface area contributed by atoms with Crippen LogP contribution in [0.5, 0.6) is 5.75 Å². The van der Waals surface area contributed by atoms with Gasteiger partial charge in [0.1, 0.15) is 16.6 Å². The molecule has 0 aliphatic carbocycles. The van der Waals surface area contributed by atoms with E-state index in [0.29, 0.717) is 29.5 Å². The molecular formula is C14H12ClF3N2O. The predicted octanol–water partition coefficient (Wildman–Crippen LogP) is 4.08. The number of hydrogen-bond acceptors (Lipinski definition) is 3. The highest BCUT2D eigenvalue weighted by atomic mass is 35.5. The summed E-state index contributed by atoms with van der Waals surface area (Å²) in [6, 6.07) is 4.04. The number of halogens is 4. The predicted molar refractivity (Wildman–Crippen MR) is 72.4 cm³/mol. The van der Waals surface area contributed by atoms with Gasteiger partial charge in [0.05, 0.1) is 6.61 Å². The third-order valence-electron chi connectivity index (χ3n) is 2.86. The van der Waals surface area contributed by atoms with Crippen molar-refractivity contribution in [2.24, 2.45) is 0 Å². The molecule has 0 aliphatic rings. The van der Waals surface area contributed by atoms with Crippen LogP contribution in [0.2, 0.25) is 5.15 Å². The van der Waals surface area contributed by atoms with E-state index in [9.17, 15) is 13.2 Å². The van der Waals surface area contributed by atoms with E-state index in [1.54, 1.807) is 13.0 Å². The zero-order valence-corrected chi connectivity index (χ0v) is 11.9. The van der Waals surface area contributed by atoms with Gasteiger partial charge in [-0.1, -0.05) is 17.7 Å². The van der Waals surface area contributed by atoms with Crippen LogP contribution < -0.4 is 4.74 Å². The summed E-state index contributed by atoms with van der Waals surface area (Å²) in [5.74, 6) is 0.606. The molecule has 21 heavy (non-hydrogen) atoms. The Kier molecular flexibility index (Phi) is 4.67. The topological polar surface area (TPSA) is 35.0 Å². The van der Waals surface area contributed by atoms with E-state index in [1.165, 1.54) is 18.5 Å². The second kappa shape index (κ2) is 6.30. The third-order valence-corrected chi connectivity index (χ3v) is 3.24. The molecule has 0 radical (unpaired) electrons. The maximum Gasteiger partial charge on any atom is 0.433 e. The number of aromatic nitrogens is 2. The lowest BCUT2D eigenvalue weighted by molar-refractivity contribution is -0.141. The highest BCUT2D eigenvalue weighted by molar-refractivity contribution is 6.30. The van der Waals surface area contributed by atoms with Gasteiger partial charge in [0.15, 0.2) is 0 Å². The average molecular weight is 317 g/mol. The number of rotatable bonds is 4. The Morgan fingerprint density at radius 3 is 2.57 bits per heavy atom. The quantitative estimate of drug-likeness (QED) is 0.797. The van der Waals surface area contributed by atoms with Crippen LogP contribution in [-0.2, 0) is 12.6 Å². The minimum atomic E-state index is -4.42. The minimum absolute atomic E-state index is 0.314. The molecule has 112 valence electrons. The van der Waals surface area contributed by atoms with E-state index < -0.39 is 11.9 Å². The molecule has 2 heterocycles. The van der Waals surface area contributed by atoms with Gasteiger partial charge < -0.3 is 4.74 Å². The zero-order valence-electron chi connectivity index (χ0n) is 11.1. The van der Waals surface area contributed by atoms with Gasteiger partial charge in [-0.05, 0) is 24.6 Å². The van der Waals surface area contributed by atoms with Crippen LogP contribution >= 0.6 is 11.6 Å². The van der Waals surface area contributed by atoms with Crippen LogP contribution in [0, 0.1) is 6.92 Å². The van der Waals surface area contributed by atoms with Gasteiger partial charge in [0.2, 0.25) is 0 Å². The molecule has 2 aromatic rings. The van der Waals surface area contributed by atoms with Crippen molar-refractivity contribution in [2.75, 3.05) is 6.61 Å². The molecule has 0 saturated carbocycles. The summed E-state index contributed by atoms with van der Waals surface area (Å²) in [6.07, 6.45) is -1.23. The van der Waals surface area contributed by atoms with Gasteiger partial charge in [-0.3, -0.25) is 4.98 Å². The van der Waals surface area contributed by atoms with Gasteiger partial charge in [0.25, 0.3) is 0 Å². The first-order chi connectivity index (χ1) is 9.88. The first-order valence-corrected chi connectivity index (χ1v) is 6.52. The van der Waals surface area contributed by atoms with Crippen LogP contribution in [0.3, 0.4) is 0 Å². The van der Waals surface area contributed by atoms with Gasteiger partial charge in [-0.25, -0.2) is 4.98 Å². The largest absolute Gasteiger partial charge is 0.493 e. The number of ether oxygens (including phenoxy) is 1. The Labute approximate surface area is 124 Å². The second-order valence-corrected chi connectivity index (χ2v) is 4.73. The average Bonchev–Trinajstić information content (AvgIpc) is 2.43. The molecule has 0 fully saturated rings. The van der Waals surface area contributed by atoms with Gasteiger partial charge in [0, 0.05) is 24.4 Å². The summed E-state index contributed by atoms with van der Waals surface area (Å²) >= 11 is 5.86. The molecule has 0 spiro atoms. The summed E-state index contributed by atoms with van der Waals surface area (Å²) in [7, 11) is 0. The lowest BCUT2D eigenvalue weighted by Crippen LogP contribution is -2.08. The molecule has 0 atom stereocenters. The van der Waals surface area contributed by atoms with Gasteiger partial charge >= 0.3 is 6.18 Å². The molecule has 0 amide bonds. The molecule has 7 heteroatoms. The summed E-state index contributed by atoms with van der Waals surface area (Å²) in [5, 5.41) is 0.365. The molecule has 2 aromatic heterocycles. The first kappa shape index (κ1) is 15.6. The van der Waals surface area contributed by atoms with Crippen LogP contribution in [0.25, 0.3) is 0 Å². The van der Waals surface area contributed by atoms with Crippen molar-refractivity contribution in [3.05, 3.63) is 52.6 Å². The van der Waals surface area contributed by atoms with E-state index in [2.05, 4.69) is 9.97 Å². The van der Waals surface area contributed by atoms with Crippen molar-refractivity contribution in [1.82, 2.24) is 9.97 Å². The maximum absolute atomic E-state index is 12.4. The number of nitrogens with zero attached hydrogens (tertiary/aromatic N) is 2. The fourth-order valence-electron chi connectivity index (χ4n) is 1.67. The normalized spacial score (nSPS) is 11.5. The van der Waals surface area contributed by atoms with E-state index in [0.717, 1.165) is 11.6 Å². The fourth-order valence-corrected chi connectivity index (χ4v) is 1.82. The molecular weight excluding hydrogens is 305 g/mol. The zero-order chi connectivity index (χ0) is 15.5. The van der Waals surface area contributed by atoms with Crippen LogP contribution in [0.4, 0.5) is 13.2 Å². The summed E-state index contributed by atoms with van der Waals surface area (Å²) in [4.78, 5) is 7.30. The fraction of sp³-hybridized carbons (Fsp3) is 0.286. The number of alkyl halides is 3. The van der Waals surface area contributed by atoms with Crippen molar-refractivity contribution in [1.29, 1.82) is 0 Å². The summed E-state index contributed by atoms with van der Waals surface area (Å²) in [6.45, 7) is 2.10. The Balaban J connectivity index is 1.93. The highest BCUT2D eigenvalue weighted by Crippen LogP contribution is 2.27. The van der Waals surface area contributed by atoms with E-state index in [1.807, 2.05) is 0 Å². The first-order valence-electron chi connectivity index (χ1n) is 6.14. The molecule has 2 rings (SSSR count). The van der Waals surface area contributed by atoms with Crippen LogP contribution in [0.15, 0.2) is 30.6 Å². The molecule has 0 bridgehead atoms. The monoisotopic (exact) mass is 316 g/mol. The van der Waals surface area contributed by atoms with E-state index in [4.69, 9.17) is 16.3 Å². The van der Waals surface area contributed by atoms with Crippen molar-refractivity contribution in [2.45, 2.75) is 19.5 Å². The molecule has 0 N–H and O–H groups in total. The SMILES string of the molecule is Cc1c(OCCc2ccc(C(F)(F)F)nc2)ccnc1Cl. The standard InChI is InChI=1S/C14H12ClF3N2O/c1-9-11(4-6-19-13(9)15)21-7-5-10-2-3-12(20-8-10)14(16,17)18/h2-4,6,8H,5,7H2,1H3. The lowest BCUT2D eigenvalue weighted by atomic mass is 10.2.